The van der Waals surface area contributed by atoms with Crippen molar-refractivity contribution in [3.05, 3.63) is 81.8 Å². The molecule has 0 saturated heterocycles. The molecule has 196 valence electrons. The van der Waals surface area contributed by atoms with Gasteiger partial charge in [-0.2, -0.15) is 18.6 Å². The molecule has 0 heterocycles. The number of halogens is 2. The summed E-state index contributed by atoms with van der Waals surface area (Å²) in [5, 5.41) is 25.7. The molecule has 1 amide bonds. The number of fused-ring (bicyclic) bond motifs is 1. The summed E-state index contributed by atoms with van der Waals surface area (Å²) in [5.74, 6) is -1.06. The fourth-order valence-corrected chi connectivity index (χ4v) is 4.96. The first-order chi connectivity index (χ1) is 18.0. The Labute approximate surface area is 256 Å². The van der Waals surface area contributed by atoms with E-state index < -0.39 is 26.7 Å². The van der Waals surface area contributed by atoms with Crippen LogP contribution in [0.4, 0.5) is 17.1 Å². The number of ether oxygens (including phenoxy) is 1. The quantitative estimate of drug-likeness (QED) is 0.189. The molecule has 4 aromatic carbocycles. The van der Waals surface area contributed by atoms with Crippen LogP contribution in [0, 0.1) is 6.92 Å². The van der Waals surface area contributed by atoms with Gasteiger partial charge in [0.05, 0.1) is 23.7 Å². The first kappa shape index (κ1) is 30.8. The van der Waals surface area contributed by atoms with Gasteiger partial charge in [-0.1, -0.05) is 53.2 Å². The van der Waals surface area contributed by atoms with Gasteiger partial charge in [-0.3, -0.25) is 9.35 Å². The molecule has 0 fully saturated rings. The van der Waals surface area contributed by atoms with Crippen molar-refractivity contribution < 1.29 is 57.2 Å². The molecule has 0 aromatic heterocycles. The molecule has 4 rings (SSSR count). The van der Waals surface area contributed by atoms with E-state index in [0.717, 1.165) is 6.07 Å². The average molecular weight is 596 g/mol. The molecule has 4 aromatic rings. The largest absolute Gasteiger partial charge is 1.00 e. The van der Waals surface area contributed by atoms with Crippen LogP contribution in [0.1, 0.15) is 22.8 Å². The van der Waals surface area contributed by atoms with E-state index in [9.17, 15) is 22.9 Å². The Morgan fingerprint density at radius 1 is 1.05 bits per heavy atom. The van der Waals surface area contributed by atoms with Crippen molar-refractivity contribution in [3.8, 4) is 11.5 Å². The number of amides is 1. The topological polar surface area (TPSA) is 140 Å². The van der Waals surface area contributed by atoms with Crippen LogP contribution in [0.25, 0.3) is 10.8 Å². The van der Waals surface area contributed by atoms with Gasteiger partial charge in [-0.05, 0) is 55.1 Å². The van der Waals surface area contributed by atoms with E-state index >= 15 is 0 Å². The van der Waals surface area contributed by atoms with Crippen LogP contribution in [-0.2, 0) is 10.1 Å². The maximum absolute atomic E-state index is 13.4. The fraction of sp³-hybridized carbons (Fsp3) is 0.115. The Morgan fingerprint density at radius 3 is 2.46 bits per heavy atom. The molecule has 0 bridgehead atoms. The Kier molecular flexibility index (Phi) is 10.0. The number of nitrogens with one attached hydrogen (secondary N) is 1. The number of carbonyl (C=O) groups is 1. The average Bonchev–Trinajstić information content (AvgIpc) is 2.86. The van der Waals surface area contributed by atoms with Crippen LogP contribution < -0.4 is 44.7 Å². The Balaban J connectivity index is 0.00000420. The van der Waals surface area contributed by atoms with Crippen LogP contribution in [0.2, 0.25) is 10.0 Å². The third-order valence-electron chi connectivity index (χ3n) is 5.54. The minimum atomic E-state index is -4.58. The molecule has 0 saturated carbocycles. The number of carbonyl (C=O) groups excluding carboxylic acids is 1. The number of rotatable bonds is 7. The van der Waals surface area contributed by atoms with E-state index in [2.05, 4.69) is 15.5 Å². The van der Waals surface area contributed by atoms with Gasteiger partial charge in [0.15, 0.2) is 0 Å². The number of azo groups is 1. The van der Waals surface area contributed by atoms with Crippen LogP contribution >= 0.6 is 23.2 Å². The maximum Gasteiger partial charge on any atom is 1.00 e. The third-order valence-corrected chi connectivity index (χ3v) is 6.98. The predicted molar refractivity (Wildman–Crippen MR) is 144 cm³/mol. The number of hydrogen-bond donors (Lipinski definition) is 2. The fourth-order valence-electron chi connectivity index (χ4n) is 3.76. The van der Waals surface area contributed by atoms with E-state index in [1.165, 1.54) is 19.1 Å². The van der Waals surface area contributed by atoms with Crippen molar-refractivity contribution >= 4 is 67.1 Å². The van der Waals surface area contributed by atoms with Gasteiger partial charge in [-0.15, -0.1) is 0 Å². The molecule has 9 nitrogen and oxygen atoms in total. The van der Waals surface area contributed by atoms with Gasteiger partial charge in [0.2, 0.25) is 0 Å². The van der Waals surface area contributed by atoms with Crippen molar-refractivity contribution in [2.45, 2.75) is 18.7 Å². The van der Waals surface area contributed by atoms with Gasteiger partial charge >= 0.3 is 29.6 Å². The molecular formula is C26H20Cl2N3NaO6S. The van der Waals surface area contributed by atoms with Crippen LogP contribution in [-0.4, -0.2) is 25.5 Å². The molecule has 39 heavy (non-hydrogen) atoms. The molecule has 2 N–H and O–H groups in total. The summed E-state index contributed by atoms with van der Waals surface area (Å²) in [6, 6.07) is 15.3. The Morgan fingerprint density at radius 2 is 1.77 bits per heavy atom. The van der Waals surface area contributed by atoms with Gasteiger partial charge in [-0.25, -0.2) is 0 Å². The molecule has 0 aliphatic heterocycles. The normalized spacial score (nSPS) is 11.4. The van der Waals surface area contributed by atoms with Crippen molar-refractivity contribution in [1.82, 2.24) is 0 Å². The zero-order chi connectivity index (χ0) is 27.6. The van der Waals surface area contributed by atoms with Crippen LogP contribution in [0.3, 0.4) is 0 Å². The maximum atomic E-state index is 13.4. The van der Waals surface area contributed by atoms with Crippen molar-refractivity contribution in [1.29, 1.82) is 0 Å². The van der Waals surface area contributed by atoms with Crippen molar-refractivity contribution in [2.75, 3.05) is 11.9 Å². The van der Waals surface area contributed by atoms with Gasteiger partial charge < -0.3 is 15.2 Å². The summed E-state index contributed by atoms with van der Waals surface area (Å²) in [4.78, 5) is 12.8. The van der Waals surface area contributed by atoms with Crippen molar-refractivity contribution in [3.63, 3.8) is 0 Å². The monoisotopic (exact) mass is 595 g/mol. The zero-order valence-electron chi connectivity index (χ0n) is 21.0. The van der Waals surface area contributed by atoms with Crippen LogP contribution in [0.5, 0.6) is 11.5 Å². The zero-order valence-corrected chi connectivity index (χ0v) is 25.4. The van der Waals surface area contributed by atoms with E-state index in [-0.39, 0.29) is 57.1 Å². The molecular weight excluding hydrogens is 576 g/mol. The second-order valence-electron chi connectivity index (χ2n) is 8.07. The molecule has 0 aliphatic carbocycles. The number of hydrogen-bond acceptors (Lipinski definition) is 7. The molecule has 0 atom stereocenters. The summed E-state index contributed by atoms with van der Waals surface area (Å²) in [7, 11) is -4.58. The SMILES string of the molecule is CCOc1cc(Cl)ccc1NC(=O)c1cc2ccccc2c(N=Nc2cc(Cl)cc(S(=O)(=O)O)c2C)c1[O-].[Na+]. The van der Waals surface area contributed by atoms with E-state index in [4.69, 9.17) is 27.9 Å². The first-order valence-corrected chi connectivity index (χ1v) is 13.3. The smallest absolute Gasteiger partial charge is 0.870 e. The Bertz CT molecular complexity index is 1710. The summed E-state index contributed by atoms with van der Waals surface area (Å²) >= 11 is 12.1. The second-order valence-corrected chi connectivity index (χ2v) is 10.3. The van der Waals surface area contributed by atoms with E-state index in [0.29, 0.717) is 33.8 Å². The molecule has 13 heteroatoms. The summed E-state index contributed by atoms with van der Waals surface area (Å²) < 4.78 is 38.5. The minimum Gasteiger partial charge on any atom is -0.870 e. The standard InChI is InChI=1S/C26H21Cl2N3O6S.Na/c1-3-37-22-12-16(27)8-9-20(22)29-26(33)19-10-15-6-4-5-7-18(15)24(25(19)32)31-30-21-11-17(28)13-23(14(21)2)38(34,35)36;/h4-13,32H,3H2,1-2H3,(H,29,33)(H,34,35,36);/q;+1/p-1. The summed E-state index contributed by atoms with van der Waals surface area (Å²) in [6.07, 6.45) is 0. The van der Waals surface area contributed by atoms with Gasteiger partial charge in [0.1, 0.15) is 10.6 Å². The predicted octanol–water partition coefficient (Wildman–Crippen LogP) is 3.85. The molecule has 0 spiro atoms. The molecule has 0 aliphatic rings. The second kappa shape index (κ2) is 12.6. The van der Waals surface area contributed by atoms with Gasteiger partial charge in [0, 0.05) is 27.1 Å². The first-order valence-electron chi connectivity index (χ1n) is 11.2. The summed E-state index contributed by atoms with van der Waals surface area (Å²) in [5.41, 5.74) is 0.0893. The number of nitrogens with zero attached hydrogens (tertiary/aromatic N) is 2. The molecule has 0 radical (unpaired) electrons. The molecule has 0 unspecified atom stereocenters. The Hall–Kier alpha value is -2.70. The van der Waals surface area contributed by atoms with Crippen molar-refractivity contribution in [2.24, 2.45) is 10.2 Å². The van der Waals surface area contributed by atoms with Crippen LogP contribution in [0.15, 0.2) is 75.8 Å². The summed E-state index contributed by atoms with van der Waals surface area (Å²) in [6.45, 7) is 3.53. The van der Waals surface area contributed by atoms with E-state index in [1.54, 1.807) is 49.4 Å². The number of benzene rings is 4. The number of anilines is 1. The van der Waals surface area contributed by atoms with Gasteiger partial charge in [0.25, 0.3) is 16.0 Å². The van der Waals surface area contributed by atoms with E-state index in [1.807, 2.05) is 0 Å². The third kappa shape index (κ3) is 6.90. The minimum absolute atomic E-state index is 0.